The molecule has 9 nitrogen and oxygen atoms in total. The molecule has 3 aliphatic rings. The summed E-state index contributed by atoms with van der Waals surface area (Å²) in [6.07, 6.45) is 12.2. The Balaban J connectivity index is 1.22. The number of fused-ring (bicyclic) bond motifs is 1. The van der Waals surface area contributed by atoms with Crippen LogP contribution in [0, 0.1) is 5.92 Å². The van der Waals surface area contributed by atoms with Crippen LogP contribution in [0.2, 0.25) is 0 Å². The van der Waals surface area contributed by atoms with Gasteiger partial charge in [-0.2, -0.15) is 0 Å². The van der Waals surface area contributed by atoms with Crippen molar-refractivity contribution in [3.8, 4) is 11.6 Å². The van der Waals surface area contributed by atoms with Crippen molar-refractivity contribution in [1.82, 2.24) is 15.2 Å². The predicted molar refractivity (Wildman–Crippen MR) is 154 cm³/mol. The van der Waals surface area contributed by atoms with Crippen molar-refractivity contribution < 1.29 is 19.4 Å². The van der Waals surface area contributed by atoms with Gasteiger partial charge < -0.3 is 25.8 Å². The van der Waals surface area contributed by atoms with E-state index in [9.17, 15) is 9.59 Å². The van der Waals surface area contributed by atoms with E-state index in [0.29, 0.717) is 43.1 Å². The normalized spacial score (nSPS) is 21.4. The minimum atomic E-state index is -0.844. The van der Waals surface area contributed by atoms with E-state index >= 15 is 0 Å². The van der Waals surface area contributed by atoms with Crippen LogP contribution in [-0.4, -0.2) is 51.8 Å². The molecular weight excluding hydrogens is 506 g/mol. The number of ketones is 1. The SMILES string of the molecule is NC1=Nc2cnc(Oc3ccccc3)c(C3CCCCC3)c2CN1CCCC(=O)C1CCC(NCC(=O)O)CC1. The quantitative estimate of drug-likeness (QED) is 0.347. The summed E-state index contributed by atoms with van der Waals surface area (Å²) in [5.41, 5.74) is 9.51. The monoisotopic (exact) mass is 547 g/mol. The fourth-order valence-corrected chi connectivity index (χ4v) is 6.45. The first-order valence-corrected chi connectivity index (χ1v) is 14.8. The third-order valence-electron chi connectivity index (χ3n) is 8.62. The highest BCUT2D eigenvalue weighted by atomic mass is 16.5. The maximum atomic E-state index is 13.0. The topological polar surface area (TPSA) is 130 Å². The van der Waals surface area contributed by atoms with Crippen LogP contribution in [0.3, 0.4) is 0 Å². The predicted octanol–water partition coefficient (Wildman–Crippen LogP) is 5.27. The molecule has 2 aliphatic carbocycles. The number of nitrogens with zero attached hydrogens (tertiary/aromatic N) is 3. The third kappa shape index (κ3) is 6.99. The van der Waals surface area contributed by atoms with Crippen molar-refractivity contribution in [2.45, 2.75) is 89.1 Å². The minimum Gasteiger partial charge on any atom is -0.480 e. The number of pyridine rings is 1. The number of carbonyl (C=O) groups excluding carboxylic acids is 1. The average Bonchev–Trinajstić information content (AvgIpc) is 2.97. The van der Waals surface area contributed by atoms with E-state index in [0.717, 1.165) is 67.5 Å². The third-order valence-corrected chi connectivity index (χ3v) is 8.62. The Kier molecular flexibility index (Phi) is 9.31. The second-order valence-corrected chi connectivity index (χ2v) is 11.4. The molecule has 214 valence electrons. The number of aliphatic imine (C=N–C) groups is 1. The number of benzene rings is 1. The van der Waals surface area contributed by atoms with Crippen LogP contribution in [0.15, 0.2) is 41.5 Å². The van der Waals surface area contributed by atoms with Gasteiger partial charge in [0.1, 0.15) is 11.5 Å². The lowest BCUT2D eigenvalue weighted by Gasteiger charge is -2.33. The van der Waals surface area contributed by atoms with E-state index in [1.165, 1.54) is 19.3 Å². The van der Waals surface area contributed by atoms with Gasteiger partial charge in [-0.15, -0.1) is 0 Å². The molecule has 2 saturated carbocycles. The molecule has 2 heterocycles. The van der Waals surface area contributed by atoms with Gasteiger partial charge in [0.05, 0.1) is 18.4 Å². The number of guanidine groups is 1. The standard InChI is InChI=1S/C31H41N5O4/c32-31-35-26-18-34-30(40-24-10-5-2-6-11-24)29(22-8-3-1-4-9-22)25(26)20-36(31)17-7-12-27(37)21-13-15-23(16-14-21)33-19-28(38)39/h2,5-6,10-11,18,21-23,33H,1,3-4,7-9,12-17,19-20H2,(H2,32,35)(H,38,39). The molecule has 0 bridgehead atoms. The van der Waals surface area contributed by atoms with E-state index < -0.39 is 5.97 Å². The summed E-state index contributed by atoms with van der Waals surface area (Å²) in [5.74, 6) is 1.81. The van der Waals surface area contributed by atoms with Crippen LogP contribution >= 0.6 is 0 Å². The molecule has 0 radical (unpaired) electrons. The lowest BCUT2D eigenvalue weighted by atomic mass is 9.81. The Hall–Kier alpha value is -3.46. The number of hydrogen-bond acceptors (Lipinski definition) is 8. The number of Topliss-reactive ketones (excluding diaryl/α,β-unsaturated/α-hetero) is 1. The average molecular weight is 548 g/mol. The number of para-hydroxylation sites is 1. The van der Waals surface area contributed by atoms with Crippen LogP contribution in [0.25, 0.3) is 0 Å². The van der Waals surface area contributed by atoms with Crippen LogP contribution in [0.5, 0.6) is 11.6 Å². The van der Waals surface area contributed by atoms with Crippen molar-refractivity contribution in [2.24, 2.45) is 16.6 Å². The highest BCUT2D eigenvalue weighted by Crippen LogP contribution is 2.44. The number of nitrogens with one attached hydrogen (secondary N) is 1. The summed E-state index contributed by atoms with van der Waals surface area (Å²) in [4.78, 5) is 35.3. The Morgan fingerprint density at radius 3 is 2.52 bits per heavy atom. The van der Waals surface area contributed by atoms with Crippen molar-refractivity contribution in [3.05, 3.63) is 47.7 Å². The van der Waals surface area contributed by atoms with Gasteiger partial charge in [-0.05, 0) is 63.0 Å². The molecule has 1 aromatic heterocycles. The van der Waals surface area contributed by atoms with Gasteiger partial charge in [0.15, 0.2) is 5.96 Å². The number of aliphatic carboxylic acids is 1. The minimum absolute atomic E-state index is 0.0242. The molecular formula is C31H41N5O4. The zero-order valence-corrected chi connectivity index (χ0v) is 23.2. The first-order valence-electron chi connectivity index (χ1n) is 14.8. The van der Waals surface area contributed by atoms with Crippen molar-refractivity contribution >= 4 is 23.4 Å². The molecule has 2 fully saturated rings. The molecule has 0 unspecified atom stereocenters. The van der Waals surface area contributed by atoms with Crippen molar-refractivity contribution in [2.75, 3.05) is 13.1 Å². The van der Waals surface area contributed by atoms with Gasteiger partial charge in [-0.1, -0.05) is 37.5 Å². The second kappa shape index (κ2) is 13.3. The highest BCUT2D eigenvalue weighted by molar-refractivity contribution is 5.84. The summed E-state index contributed by atoms with van der Waals surface area (Å²) in [6, 6.07) is 9.98. The molecule has 0 spiro atoms. The first-order chi connectivity index (χ1) is 19.5. The first kappa shape index (κ1) is 28.1. The maximum absolute atomic E-state index is 13.0. The van der Waals surface area contributed by atoms with Gasteiger partial charge in [-0.25, -0.2) is 9.98 Å². The molecule has 9 heteroatoms. The number of carboxylic acids is 1. The van der Waals surface area contributed by atoms with E-state index in [4.69, 9.17) is 25.6 Å². The number of ether oxygens (including phenoxy) is 1. The zero-order chi connectivity index (χ0) is 27.9. The van der Waals surface area contributed by atoms with Crippen LogP contribution in [-0.2, 0) is 16.1 Å². The molecule has 40 heavy (non-hydrogen) atoms. The van der Waals surface area contributed by atoms with Crippen molar-refractivity contribution in [3.63, 3.8) is 0 Å². The van der Waals surface area contributed by atoms with Crippen LogP contribution in [0.1, 0.15) is 87.7 Å². The number of rotatable bonds is 11. The highest BCUT2D eigenvalue weighted by Gasteiger charge is 2.30. The van der Waals surface area contributed by atoms with Crippen LogP contribution in [0.4, 0.5) is 5.69 Å². The molecule has 0 amide bonds. The second-order valence-electron chi connectivity index (χ2n) is 11.4. The molecule has 1 aromatic carbocycles. The fourth-order valence-electron chi connectivity index (χ4n) is 6.45. The summed E-state index contributed by atoms with van der Waals surface area (Å²) in [6.45, 7) is 1.28. The van der Waals surface area contributed by atoms with Gasteiger partial charge in [-0.3, -0.25) is 9.59 Å². The maximum Gasteiger partial charge on any atom is 0.317 e. The summed E-state index contributed by atoms with van der Waals surface area (Å²) >= 11 is 0. The smallest absolute Gasteiger partial charge is 0.317 e. The van der Waals surface area contributed by atoms with Crippen molar-refractivity contribution in [1.29, 1.82) is 0 Å². The van der Waals surface area contributed by atoms with E-state index in [-0.39, 0.29) is 18.5 Å². The molecule has 0 atom stereocenters. The number of aromatic nitrogens is 1. The Morgan fingerprint density at radius 2 is 1.80 bits per heavy atom. The van der Waals surface area contributed by atoms with Gasteiger partial charge in [0.2, 0.25) is 5.88 Å². The lowest BCUT2D eigenvalue weighted by Crippen LogP contribution is -2.40. The van der Waals surface area contributed by atoms with Gasteiger partial charge >= 0.3 is 5.97 Å². The molecule has 2 aromatic rings. The number of carboxylic acid groups (broad SMARTS) is 1. The van der Waals surface area contributed by atoms with E-state index in [2.05, 4.69) is 10.2 Å². The van der Waals surface area contributed by atoms with Crippen LogP contribution < -0.4 is 15.8 Å². The number of carbonyl (C=O) groups is 2. The summed E-state index contributed by atoms with van der Waals surface area (Å²) in [7, 11) is 0. The summed E-state index contributed by atoms with van der Waals surface area (Å²) < 4.78 is 6.32. The Labute approximate surface area is 236 Å². The van der Waals surface area contributed by atoms with E-state index in [1.807, 2.05) is 30.3 Å². The largest absolute Gasteiger partial charge is 0.480 e. The van der Waals surface area contributed by atoms with Gasteiger partial charge in [0.25, 0.3) is 0 Å². The van der Waals surface area contributed by atoms with E-state index in [1.54, 1.807) is 6.20 Å². The Bertz CT molecular complexity index is 1200. The molecule has 1 aliphatic heterocycles. The lowest BCUT2D eigenvalue weighted by molar-refractivity contribution is -0.136. The van der Waals surface area contributed by atoms with Gasteiger partial charge in [0, 0.05) is 42.6 Å². The zero-order valence-electron chi connectivity index (χ0n) is 23.2. The number of hydrogen-bond donors (Lipinski definition) is 3. The Morgan fingerprint density at radius 1 is 1.05 bits per heavy atom. The molecule has 0 saturated heterocycles. The fraction of sp³-hybridized carbons (Fsp3) is 0.548. The summed E-state index contributed by atoms with van der Waals surface area (Å²) in [5, 5.41) is 11.9. The number of nitrogens with two attached hydrogens (primary N) is 1. The molecule has 5 rings (SSSR count). The molecule has 4 N–H and O–H groups in total.